The fourth-order valence-electron chi connectivity index (χ4n) is 3.94. The number of para-hydroxylation sites is 1. The van der Waals surface area contributed by atoms with E-state index in [-0.39, 0.29) is 18.3 Å². The number of carbonyl (C=O) groups excluding carboxylic acids is 2. The fraction of sp³-hybridized carbons (Fsp3) is 0.360. The number of amides is 1. The average molecular weight is 512 g/mol. The number of nitrogens with zero attached hydrogens (tertiary/aromatic N) is 3. The predicted molar refractivity (Wildman–Crippen MR) is 140 cm³/mol. The van der Waals surface area contributed by atoms with Crippen molar-refractivity contribution in [1.29, 1.82) is 0 Å². The van der Waals surface area contributed by atoms with Crippen LogP contribution in [0.3, 0.4) is 0 Å². The summed E-state index contributed by atoms with van der Waals surface area (Å²) in [5.74, 6) is 0.843. The lowest BCUT2D eigenvalue weighted by molar-refractivity contribution is -0.115. The summed E-state index contributed by atoms with van der Waals surface area (Å²) in [6.07, 6.45) is 4.92. The number of fused-ring (bicyclic) bond motifs is 1. The Bertz CT molecular complexity index is 1190. The van der Waals surface area contributed by atoms with Crippen LogP contribution in [0.5, 0.6) is 0 Å². The molecule has 1 amide bonds. The van der Waals surface area contributed by atoms with Crippen molar-refractivity contribution in [3.05, 3.63) is 64.8 Å². The minimum absolute atomic E-state index is 0.135. The van der Waals surface area contributed by atoms with Gasteiger partial charge in [-0.1, -0.05) is 36.0 Å². The Morgan fingerprint density at radius 3 is 2.86 bits per heavy atom. The molecule has 35 heavy (non-hydrogen) atoms. The first-order valence-corrected chi connectivity index (χ1v) is 13.5. The smallest absolute Gasteiger partial charge is 0.341 e. The Morgan fingerprint density at radius 2 is 2.09 bits per heavy atom. The number of anilines is 2. The molecule has 3 aromatic rings. The minimum Gasteiger partial charge on any atom is -0.462 e. The first-order chi connectivity index (χ1) is 17.1. The van der Waals surface area contributed by atoms with Gasteiger partial charge in [0.25, 0.3) is 0 Å². The summed E-state index contributed by atoms with van der Waals surface area (Å²) in [5.41, 5.74) is 2.58. The maximum atomic E-state index is 12.7. The van der Waals surface area contributed by atoms with Gasteiger partial charge < -0.3 is 19.9 Å². The van der Waals surface area contributed by atoms with Crippen LogP contribution in [-0.4, -0.2) is 39.0 Å². The Labute approximate surface area is 213 Å². The summed E-state index contributed by atoms with van der Waals surface area (Å²) in [5, 5.41) is 16.3. The van der Waals surface area contributed by atoms with Crippen LogP contribution in [0.1, 0.15) is 46.4 Å². The second-order valence-corrected chi connectivity index (χ2v) is 10.1. The van der Waals surface area contributed by atoms with Gasteiger partial charge in [0, 0.05) is 29.3 Å². The molecule has 1 aliphatic carbocycles. The number of thioether (sulfide) groups is 1. The lowest BCUT2D eigenvalue weighted by Crippen LogP contribution is -2.15. The molecule has 0 aliphatic heterocycles. The first kappa shape index (κ1) is 25.0. The van der Waals surface area contributed by atoms with Crippen LogP contribution in [0.25, 0.3) is 0 Å². The summed E-state index contributed by atoms with van der Waals surface area (Å²) in [6.45, 7) is 7.05. The molecule has 8 nitrogen and oxygen atoms in total. The number of nitrogens with one attached hydrogen (secondary N) is 2. The van der Waals surface area contributed by atoms with E-state index in [9.17, 15) is 9.59 Å². The molecule has 0 spiro atoms. The molecule has 184 valence electrons. The fourth-order valence-corrected chi connectivity index (χ4v) is 6.14. The normalized spacial score (nSPS) is 12.3. The van der Waals surface area contributed by atoms with Gasteiger partial charge in [-0.2, -0.15) is 0 Å². The van der Waals surface area contributed by atoms with E-state index in [0.29, 0.717) is 36.0 Å². The van der Waals surface area contributed by atoms with Crippen LogP contribution in [0.2, 0.25) is 0 Å². The zero-order valence-corrected chi connectivity index (χ0v) is 21.3. The van der Waals surface area contributed by atoms with Crippen molar-refractivity contribution in [2.75, 3.05) is 23.0 Å². The van der Waals surface area contributed by atoms with E-state index in [1.54, 1.807) is 13.0 Å². The molecule has 1 aliphatic rings. The summed E-state index contributed by atoms with van der Waals surface area (Å²) in [6, 6.07) is 9.92. The highest BCUT2D eigenvalue weighted by Crippen LogP contribution is 2.39. The molecule has 10 heteroatoms. The minimum atomic E-state index is -0.356. The lowest BCUT2D eigenvalue weighted by atomic mass is 10.1. The maximum Gasteiger partial charge on any atom is 0.341 e. The van der Waals surface area contributed by atoms with Crippen LogP contribution in [0.4, 0.5) is 10.7 Å². The highest BCUT2D eigenvalue weighted by Gasteiger charge is 2.28. The van der Waals surface area contributed by atoms with E-state index in [1.165, 1.54) is 28.0 Å². The molecule has 0 radical (unpaired) electrons. The van der Waals surface area contributed by atoms with Crippen LogP contribution in [-0.2, 0) is 35.5 Å². The molecule has 0 fully saturated rings. The van der Waals surface area contributed by atoms with Gasteiger partial charge in [0.1, 0.15) is 5.00 Å². The van der Waals surface area contributed by atoms with Gasteiger partial charge in [-0.05, 0) is 43.9 Å². The Morgan fingerprint density at radius 1 is 1.26 bits per heavy atom. The Hall–Kier alpha value is -3.11. The van der Waals surface area contributed by atoms with Gasteiger partial charge in [-0.15, -0.1) is 28.1 Å². The number of hydrogen-bond donors (Lipinski definition) is 2. The van der Waals surface area contributed by atoms with Crippen LogP contribution in [0.15, 0.2) is 48.1 Å². The third-order valence-electron chi connectivity index (χ3n) is 5.54. The van der Waals surface area contributed by atoms with Crippen molar-refractivity contribution in [3.63, 3.8) is 0 Å². The summed E-state index contributed by atoms with van der Waals surface area (Å²) >= 11 is 2.97. The van der Waals surface area contributed by atoms with Gasteiger partial charge in [-0.25, -0.2) is 4.79 Å². The number of ether oxygens (including phenoxy) is 1. The molecule has 0 saturated heterocycles. The molecule has 2 aromatic heterocycles. The van der Waals surface area contributed by atoms with Gasteiger partial charge in [0.2, 0.25) is 5.91 Å². The number of thiophene rings is 1. The van der Waals surface area contributed by atoms with Crippen LogP contribution >= 0.6 is 23.1 Å². The van der Waals surface area contributed by atoms with Crippen molar-refractivity contribution >= 4 is 45.7 Å². The lowest BCUT2D eigenvalue weighted by Gasteiger charge is -2.10. The molecule has 0 saturated carbocycles. The summed E-state index contributed by atoms with van der Waals surface area (Å²) in [7, 11) is 0. The number of aryl methyl sites for hydroxylation is 1. The molecule has 2 N–H and O–H groups in total. The molecule has 4 rings (SSSR count). The molecular formula is C25H29N5O3S2. The number of benzene rings is 1. The van der Waals surface area contributed by atoms with E-state index < -0.39 is 0 Å². The Balaban J connectivity index is 1.35. The van der Waals surface area contributed by atoms with Crippen LogP contribution < -0.4 is 10.6 Å². The number of rotatable bonds is 12. The highest BCUT2D eigenvalue weighted by atomic mass is 32.2. The molecule has 0 atom stereocenters. The Kier molecular flexibility index (Phi) is 8.59. The van der Waals surface area contributed by atoms with Gasteiger partial charge >= 0.3 is 5.97 Å². The second kappa shape index (κ2) is 12.0. The number of hydrogen-bond acceptors (Lipinski definition) is 8. The van der Waals surface area contributed by atoms with Crippen molar-refractivity contribution in [2.24, 2.45) is 0 Å². The van der Waals surface area contributed by atoms with Crippen molar-refractivity contribution in [2.45, 2.75) is 50.9 Å². The summed E-state index contributed by atoms with van der Waals surface area (Å²) < 4.78 is 7.23. The molecular weight excluding hydrogens is 482 g/mol. The largest absolute Gasteiger partial charge is 0.462 e. The third-order valence-corrected chi connectivity index (χ3v) is 7.72. The van der Waals surface area contributed by atoms with Crippen molar-refractivity contribution in [3.8, 4) is 0 Å². The van der Waals surface area contributed by atoms with E-state index in [4.69, 9.17) is 4.74 Å². The SMILES string of the molecule is C=CCn1c(CNc2ccccc2)nnc1SCCC(=O)Nc1sc2c(c1C(=O)OCC)CCC2. The van der Waals surface area contributed by atoms with E-state index >= 15 is 0 Å². The highest BCUT2D eigenvalue weighted by molar-refractivity contribution is 7.99. The van der Waals surface area contributed by atoms with Crippen LogP contribution in [0, 0.1) is 0 Å². The molecule has 0 bridgehead atoms. The number of esters is 1. The molecule has 1 aromatic carbocycles. The number of carbonyl (C=O) groups is 2. The second-order valence-electron chi connectivity index (χ2n) is 7.95. The molecule has 0 unspecified atom stereocenters. The topological polar surface area (TPSA) is 98.1 Å². The van der Waals surface area contributed by atoms with Crippen molar-refractivity contribution in [1.82, 2.24) is 14.8 Å². The number of allylic oxidation sites excluding steroid dienone is 1. The van der Waals surface area contributed by atoms with E-state index in [2.05, 4.69) is 27.4 Å². The van der Waals surface area contributed by atoms with Crippen molar-refractivity contribution < 1.29 is 14.3 Å². The van der Waals surface area contributed by atoms with Gasteiger partial charge in [0.05, 0.1) is 18.7 Å². The average Bonchev–Trinajstić information content (AvgIpc) is 3.54. The predicted octanol–water partition coefficient (Wildman–Crippen LogP) is 4.92. The maximum absolute atomic E-state index is 12.7. The van der Waals surface area contributed by atoms with E-state index in [1.807, 2.05) is 34.9 Å². The third kappa shape index (κ3) is 6.12. The van der Waals surface area contributed by atoms with Gasteiger partial charge in [0.15, 0.2) is 11.0 Å². The quantitative estimate of drug-likeness (QED) is 0.202. The zero-order chi connectivity index (χ0) is 24.6. The zero-order valence-electron chi connectivity index (χ0n) is 19.7. The monoisotopic (exact) mass is 511 g/mol. The number of aromatic nitrogens is 3. The van der Waals surface area contributed by atoms with E-state index in [0.717, 1.165) is 41.5 Å². The first-order valence-electron chi connectivity index (χ1n) is 11.7. The standard InChI is InChI=1S/C25H29N5O3S2/c1-3-14-30-20(16-26-17-9-6-5-7-10-17)28-29-25(30)34-15-13-21(31)27-23-22(24(32)33-4-2)18-11-8-12-19(18)35-23/h3,5-7,9-10,26H,1,4,8,11-16H2,2H3,(H,27,31). The molecule has 2 heterocycles. The van der Waals surface area contributed by atoms with Gasteiger partial charge in [-0.3, -0.25) is 4.79 Å². The summed E-state index contributed by atoms with van der Waals surface area (Å²) in [4.78, 5) is 26.4.